The summed E-state index contributed by atoms with van der Waals surface area (Å²) in [6, 6.07) is 13.2. The highest BCUT2D eigenvalue weighted by atomic mass is 16.2. The zero-order chi connectivity index (χ0) is 14.2. The summed E-state index contributed by atoms with van der Waals surface area (Å²) in [6.07, 6.45) is 3.54. The molecule has 1 aromatic carbocycles. The molecule has 0 aliphatic heterocycles. The number of hydrogen-bond donors (Lipinski definition) is 2. The maximum atomic E-state index is 12.2. The van der Waals surface area contributed by atoms with E-state index >= 15 is 0 Å². The van der Waals surface area contributed by atoms with Crippen molar-refractivity contribution in [2.24, 2.45) is 0 Å². The van der Waals surface area contributed by atoms with E-state index in [0.717, 1.165) is 16.7 Å². The van der Waals surface area contributed by atoms with Gasteiger partial charge in [0.2, 0.25) is 5.95 Å². The van der Waals surface area contributed by atoms with E-state index in [1.807, 2.05) is 48.7 Å². The number of carbonyl (C=O) groups is 1. The molecule has 0 spiro atoms. The fourth-order valence-corrected chi connectivity index (χ4v) is 2.23. The van der Waals surface area contributed by atoms with Crippen LogP contribution in [0.2, 0.25) is 0 Å². The van der Waals surface area contributed by atoms with Crippen LogP contribution in [0.15, 0.2) is 54.9 Å². The Balaban J connectivity index is 1.65. The number of hydrogen-bond acceptors (Lipinski definition) is 3. The third-order valence-corrected chi connectivity index (χ3v) is 3.22. The van der Waals surface area contributed by atoms with Gasteiger partial charge in [0.05, 0.1) is 11.0 Å². The molecule has 0 radical (unpaired) electrons. The first-order valence-corrected chi connectivity index (χ1v) is 6.49. The van der Waals surface area contributed by atoms with Crippen LogP contribution in [0.4, 0.5) is 5.95 Å². The van der Waals surface area contributed by atoms with Gasteiger partial charge in [-0.05, 0) is 24.3 Å². The van der Waals surface area contributed by atoms with Crippen LogP contribution in [-0.4, -0.2) is 25.3 Å². The SMILES string of the molecule is O=C(Nc1nc2ccccc2[nH]1)c1cn2ccccc2n1. The van der Waals surface area contributed by atoms with Gasteiger partial charge in [0, 0.05) is 12.4 Å². The lowest BCUT2D eigenvalue weighted by atomic mass is 10.3. The Morgan fingerprint density at radius 3 is 2.81 bits per heavy atom. The van der Waals surface area contributed by atoms with Gasteiger partial charge in [-0.15, -0.1) is 0 Å². The van der Waals surface area contributed by atoms with E-state index in [9.17, 15) is 4.79 Å². The summed E-state index contributed by atoms with van der Waals surface area (Å²) >= 11 is 0. The second-order valence-electron chi connectivity index (χ2n) is 4.65. The topological polar surface area (TPSA) is 75.1 Å². The van der Waals surface area contributed by atoms with E-state index in [4.69, 9.17) is 0 Å². The molecule has 3 heterocycles. The van der Waals surface area contributed by atoms with Gasteiger partial charge in [-0.1, -0.05) is 18.2 Å². The number of aromatic amines is 1. The minimum atomic E-state index is -0.294. The van der Waals surface area contributed by atoms with E-state index < -0.39 is 0 Å². The number of H-pyrrole nitrogens is 1. The molecule has 1 amide bonds. The van der Waals surface area contributed by atoms with Crippen LogP contribution in [-0.2, 0) is 0 Å². The Bertz CT molecular complexity index is 887. The van der Waals surface area contributed by atoms with Crippen LogP contribution < -0.4 is 5.32 Å². The molecule has 6 heteroatoms. The van der Waals surface area contributed by atoms with Crippen LogP contribution in [0, 0.1) is 0 Å². The van der Waals surface area contributed by atoms with Crippen molar-refractivity contribution in [1.82, 2.24) is 19.4 Å². The Morgan fingerprint density at radius 1 is 1.10 bits per heavy atom. The highest BCUT2D eigenvalue weighted by Gasteiger charge is 2.12. The number of rotatable bonds is 2. The van der Waals surface area contributed by atoms with E-state index in [2.05, 4.69) is 20.3 Å². The van der Waals surface area contributed by atoms with Crippen molar-refractivity contribution in [2.75, 3.05) is 5.32 Å². The lowest BCUT2D eigenvalue weighted by Gasteiger charge is -1.96. The van der Waals surface area contributed by atoms with Crippen molar-refractivity contribution in [3.05, 3.63) is 60.6 Å². The van der Waals surface area contributed by atoms with E-state index in [0.29, 0.717) is 11.6 Å². The summed E-state index contributed by atoms with van der Waals surface area (Å²) in [7, 11) is 0. The van der Waals surface area contributed by atoms with Gasteiger partial charge in [-0.25, -0.2) is 9.97 Å². The summed E-state index contributed by atoms with van der Waals surface area (Å²) in [5, 5.41) is 2.73. The zero-order valence-electron chi connectivity index (χ0n) is 10.9. The van der Waals surface area contributed by atoms with Crippen LogP contribution in [0.5, 0.6) is 0 Å². The molecule has 21 heavy (non-hydrogen) atoms. The Hall–Kier alpha value is -3.15. The third-order valence-electron chi connectivity index (χ3n) is 3.22. The van der Waals surface area contributed by atoms with Crippen molar-refractivity contribution >= 4 is 28.5 Å². The van der Waals surface area contributed by atoms with Gasteiger partial charge in [0.25, 0.3) is 5.91 Å². The van der Waals surface area contributed by atoms with Crippen molar-refractivity contribution in [1.29, 1.82) is 0 Å². The zero-order valence-corrected chi connectivity index (χ0v) is 10.9. The van der Waals surface area contributed by atoms with Gasteiger partial charge >= 0.3 is 0 Å². The minimum absolute atomic E-state index is 0.294. The monoisotopic (exact) mass is 277 g/mol. The third kappa shape index (κ3) is 2.02. The largest absolute Gasteiger partial charge is 0.324 e. The molecular formula is C15H11N5O. The van der Waals surface area contributed by atoms with Gasteiger partial charge in [0.1, 0.15) is 11.3 Å². The number of fused-ring (bicyclic) bond motifs is 2. The molecule has 6 nitrogen and oxygen atoms in total. The second kappa shape index (κ2) is 4.45. The number of amides is 1. The van der Waals surface area contributed by atoms with Crippen LogP contribution >= 0.6 is 0 Å². The molecular weight excluding hydrogens is 266 g/mol. The lowest BCUT2D eigenvalue weighted by molar-refractivity contribution is 0.102. The average molecular weight is 277 g/mol. The number of aromatic nitrogens is 4. The Morgan fingerprint density at radius 2 is 1.95 bits per heavy atom. The van der Waals surface area contributed by atoms with Gasteiger partial charge in [-0.2, -0.15) is 0 Å². The minimum Gasteiger partial charge on any atom is -0.324 e. The number of imidazole rings is 2. The molecule has 0 aliphatic rings. The number of nitrogens with one attached hydrogen (secondary N) is 2. The van der Waals surface area contributed by atoms with Crippen molar-refractivity contribution < 1.29 is 4.79 Å². The van der Waals surface area contributed by atoms with E-state index in [-0.39, 0.29) is 5.91 Å². The number of pyridine rings is 1. The Kier molecular flexibility index (Phi) is 2.47. The normalized spacial score (nSPS) is 11.0. The first kappa shape index (κ1) is 11.7. The Labute approximate surface area is 119 Å². The molecule has 0 saturated carbocycles. The highest BCUT2D eigenvalue weighted by Crippen LogP contribution is 2.14. The number of anilines is 1. The highest BCUT2D eigenvalue weighted by molar-refractivity contribution is 6.02. The summed E-state index contributed by atoms with van der Waals surface area (Å²) in [6.45, 7) is 0. The molecule has 0 atom stereocenters. The first-order valence-electron chi connectivity index (χ1n) is 6.49. The number of carbonyl (C=O) groups excluding carboxylic acids is 1. The second-order valence-corrected chi connectivity index (χ2v) is 4.65. The molecule has 0 aliphatic carbocycles. The van der Waals surface area contributed by atoms with E-state index in [1.165, 1.54) is 0 Å². The fraction of sp³-hybridized carbons (Fsp3) is 0. The fourth-order valence-electron chi connectivity index (χ4n) is 2.23. The molecule has 2 N–H and O–H groups in total. The molecule has 0 fully saturated rings. The number of benzene rings is 1. The smallest absolute Gasteiger partial charge is 0.278 e. The van der Waals surface area contributed by atoms with Crippen molar-refractivity contribution in [3.63, 3.8) is 0 Å². The van der Waals surface area contributed by atoms with Gasteiger partial charge in [0.15, 0.2) is 0 Å². The summed E-state index contributed by atoms with van der Waals surface area (Å²) < 4.78 is 1.80. The number of nitrogens with zero attached hydrogens (tertiary/aromatic N) is 3. The predicted octanol–water partition coefficient (Wildman–Crippen LogP) is 2.46. The van der Waals surface area contributed by atoms with Gasteiger partial charge in [-0.3, -0.25) is 10.1 Å². The van der Waals surface area contributed by atoms with Crippen LogP contribution in [0.3, 0.4) is 0 Å². The first-order chi connectivity index (χ1) is 10.3. The predicted molar refractivity (Wildman–Crippen MR) is 79.2 cm³/mol. The van der Waals surface area contributed by atoms with Crippen LogP contribution in [0.1, 0.15) is 10.5 Å². The molecule has 0 bridgehead atoms. The quantitative estimate of drug-likeness (QED) is 0.591. The maximum absolute atomic E-state index is 12.2. The van der Waals surface area contributed by atoms with Crippen molar-refractivity contribution in [3.8, 4) is 0 Å². The van der Waals surface area contributed by atoms with Gasteiger partial charge < -0.3 is 9.38 Å². The molecule has 4 aromatic rings. The standard InChI is InChI=1S/C15H11N5O/c21-14(12-9-20-8-4-3-7-13(20)16-12)19-15-17-10-5-1-2-6-11(10)18-15/h1-9H,(H2,17,18,19,21). The maximum Gasteiger partial charge on any atom is 0.278 e. The van der Waals surface area contributed by atoms with Crippen molar-refractivity contribution in [2.45, 2.75) is 0 Å². The van der Waals surface area contributed by atoms with E-state index in [1.54, 1.807) is 10.6 Å². The average Bonchev–Trinajstić information content (AvgIpc) is 3.10. The number of para-hydroxylation sites is 2. The molecule has 3 aromatic heterocycles. The molecule has 0 unspecified atom stereocenters. The molecule has 102 valence electrons. The summed E-state index contributed by atoms with van der Waals surface area (Å²) in [5.74, 6) is 0.121. The lowest BCUT2D eigenvalue weighted by Crippen LogP contribution is -2.13. The molecule has 0 saturated heterocycles. The summed E-state index contributed by atoms with van der Waals surface area (Å²) in [4.78, 5) is 23.8. The van der Waals surface area contributed by atoms with Crippen LogP contribution in [0.25, 0.3) is 16.7 Å². The summed E-state index contributed by atoms with van der Waals surface area (Å²) in [5.41, 5.74) is 2.76. The molecule has 4 rings (SSSR count).